The number of nitrogen functional groups attached to an aromatic ring is 1. The third kappa shape index (κ3) is 3.82. The molecule has 0 spiro atoms. The number of nitrogens with two attached hydrogens (primary N) is 1. The van der Waals surface area contributed by atoms with Gasteiger partial charge in [-0.05, 0) is 32.1 Å². The Hall–Kier alpha value is -1.42. The van der Waals surface area contributed by atoms with E-state index in [9.17, 15) is 0 Å². The zero-order valence-electron chi connectivity index (χ0n) is 11.2. The summed E-state index contributed by atoms with van der Waals surface area (Å²) in [6.45, 7) is 4.03. The lowest BCUT2D eigenvalue weighted by Crippen LogP contribution is -2.21. The lowest BCUT2D eigenvalue weighted by atomic mass is 10.1. The Balaban J connectivity index is 2.81. The van der Waals surface area contributed by atoms with Gasteiger partial charge in [-0.3, -0.25) is 0 Å². The van der Waals surface area contributed by atoms with Crippen molar-refractivity contribution in [2.45, 2.75) is 13.3 Å². The topological polar surface area (TPSA) is 50.5 Å². The summed E-state index contributed by atoms with van der Waals surface area (Å²) in [6, 6.07) is 3.96. The number of hydrogen-bond donors (Lipinski definition) is 2. The van der Waals surface area contributed by atoms with Crippen molar-refractivity contribution in [3.05, 3.63) is 17.7 Å². The van der Waals surface area contributed by atoms with Crippen molar-refractivity contribution in [2.75, 3.05) is 45.3 Å². The molecule has 0 bridgehead atoms. The van der Waals surface area contributed by atoms with Crippen molar-refractivity contribution in [1.82, 2.24) is 4.90 Å². The first-order valence-electron chi connectivity index (χ1n) is 5.93. The van der Waals surface area contributed by atoms with Gasteiger partial charge in [-0.2, -0.15) is 0 Å². The van der Waals surface area contributed by atoms with Crippen LogP contribution in [-0.2, 0) is 6.42 Å². The van der Waals surface area contributed by atoms with Gasteiger partial charge in [0.05, 0.1) is 12.8 Å². The van der Waals surface area contributed by atoms with Gasteiger partial charge >= 0.3 is 0 Å². The molecule has 1 rings (SSSR count). The molecule has 0 radical (unpaired) electrons. The fourth-order valence-electron chi connectivity index (χ4n) is 1.69. The average Bonchev–Trinajstić information content (AvgIpc) is 2.30. The molecule has 3 N–H and O–H groups in total. The van der Waals surface area contributed by atoms with Crippen LogP contribution in [-0.4, -0.2) is 39.2 Å². The second-order valence-electron chi connectivity index (χ2n) is 4.33. The highest BCUT2D eigenvalue weighted by atomic mass is 16.5. The number of aryl methyl sites for hydroxylation is 1. The van der Waals surface area contributed by atoms with Crippen LogP contribution in [0.3, 0.4) is 0 Å². The quantitative estimate of drug-likeness (QED) is 0.741. The Labute approximate surface area is 104 Å². The van der Waals surface area contributed by atoms with Crippen LogP contribution in [0, 0.1) is 0 Å². The highest BCUT2D eigenvalue weighted by molar-refractivity contribution is 5.66. The van der Waals surface area contributed by atoms with Gasteiger partial charge in [-0.1, -0.05) is 6.92 Å². The number of nitrogens with zero attached hydrogens (tertiary/aromatic N) is 1. The molecule has 0 aliphatic rings. The van der Waals surface area contributed by atoms with Crippen molar-refractivity contribution in [2.24, 2.45) is 0 Å². The van der Waals surface area contributed by atoms with Crippen molar-refractivity contribution in [1.29, 1.82) is 0 Å². The molecular formula is C13H23N3O. The predicted molar refractivity (Wildman–Crippen MR) is 73.8 cm³/mol. The molecule has 1 aromatic rings. The Morgan fingerprint density at radius 2 is 2.06 bits per heavy atom. The zero-order valence-corrected chi connectivity index (χ0v) is 11.2. The van der Waals surface area contributed by atoms with Crippen LogP contribution in [0.5, 0.6) is 5.75 Å². The van der Waals surface area contributed by atoms with Gasteiger partial charge in [-0.15, -0.1) is 0 Å². The first-order valence-corrected chi connectivity index (χ1v) is 5.93. The molecule has 0 saturated heterocycles. The van der Waals surface area contributed by atoms with Crippen LogP contribution in [0.2, 0.25) is 0 Å². The van der Waals surface area contributed by atoms with E-state index in [0.29, 0.717) is 5.69 Å². The molecule has 96 valence electrons. The SMILES string of the molecule is CCc1cc(N)c(OC)cc1NCCN(C)C. The van der Waals surface area contributed by atoms with Crippen LogP contribution in [0.1, 0.15) is 12.5 Å². The first-order chi connectivity index (χ1) is 8.08. The van der Waals surface area contributed by atoms with E-state index >= 15 is 0 Å². The van der Waals surface area contributed by atoms with E-state index in [1.165, 1.54) is 5.56 Å². The lowest BCUT2D eigenvalue weighted by Gasteiger charge is -2.16. The summed E-state index contributed by atoms with van der Waals surface area (Å²) in [4.78, 5) is 2.15. The summed E-state index contributed by atoms with van der Waals surface area (Å²) < 4.78 is 5.24. The Kier molecular flexibility index (Phi) is 5.10. The fourth-order valence-corrected chi connectivity index (χ4v) is 1.69. The molecule has 1 aromatic carbocycles. The fraction of sp³-hybridized carbons (Fsp3) is 0.538. The molecule has 0 unspecified atom stereocenters. The number of ether oxygens (including phenoxy) is 1. The summed E-state index contributed by atoms with van der Waals surface area (Å²) in [6.07, 6.45) is 0.957. The minimum absolute atomic E-state index is 0.697. The van der Waals surface area contributed by atoms with E-state index in [2.05, 4.69) is 31.2 Å². The second-order valence-corrected chi connectivity index (χ2v) is 4.33. The Bertz CT molecular complexity index is 364. The highest BCUT2D eigenvalue weighted by Gasteiger charge is 2.06. The molecule has 0 atom stereocenters. The van der Waals surface area contributed by atoms with Gasteiger partial charge in [0.25, 0.3) is 0 Å². The van der Waals surface area contributed by atoms with E-state index in [1.54, 1.807) is 7.11 Å². The van der Waals surface area contributed by atoms with Gasteiger partial charge in [0.15, 0.2) is 0 Å². The normalized spacial score (nSPS) is 10.6. The van der Waals surface area contributed by atoms with E-state index in [-0.39, 0.29) is 0 Å². The van der Waals surface area contributed by atoms with E-state index in [0.717, 1.165) is 30.9 Å². The van der Waals surface area contributed by atoms with Gasteiger partial charge in [0.2, 0.25) is 0 Å². The average molecular weight is 237 g/mol. The standard InChI is InChI=1S/C13H23N3O/c1-5-10-8-11(14)13(17-4)9-12(10)15-6-7-16(2)3/h8-9,15H,5-7,14H2,1-4H3. The van der Waals surface area contributed by atoms with E-state index in [1.807, 2.05) is 12.1 Å². The number of benzene rings is 1. The molecule has 0 saturated carbocycles. The van der Waals surface area contributed by atoms with Crippen molar-refractivity contribution in [3.63, 3.8) is 0 Å². The smallest absolute Gasteiger partial charge is 0.143 e. The number of hydrogen-bond acceptors (Lipinski definition) is 4. The highest BCUT2D eigenvalue weighted by Crippen LogP contribution is 2.29. The maximum Gasteiger partial charge on any atom is 0.143 e. The number of rotatable bonds is 6. The minimum atomic E-state index is 0.697. The number of anilines is 2. The largest absolute Gasteiger partial charge is 0.495 e. The molecule has 0 heterocycles. The molecule has 0 aliphatic carbocycles. The molecule has 0 aliphatic heterocycles. The van der Waals surface area contributed by atoms with Crippen LogP contribution in [0.15, 0.2) is 12.1 Å². The molecule has 0 amide bonds. The van der Waals surface area contributed by atoms with Gasteiger partial charge in [0, 0.05) is 24.8 Å². The molecule has 17 heavy (non-hydrogen) atoms. The third-order valence-electron chi connectivity index (χ3n) is 2.71. The maximum atomic E-state index is 5.89. The number of methoxy groups -OCH3 is 1. The zero-order chi connectivity index (χ0) is 12.8. The Morgan fingerprint density at radius 1 is 1.35 bits per heavy atom. The molecule has 0 fully saturated rings. The third-order valence-corrected chi connectivity index (χ3v) is 2.71. The Morgan fingerprint density at radius 3 is 2.59 bits per heavy atom. The summed E-state index contributed by atoms with van der Waals surface area (Å²) in [7, 11) is 5.76. The summed E-state index contributed by atoms with van der Waals surface area (Å²) in [5.74, 6) is 0.731. The lowest BCUT2D eigenvalue weighted by molar-refractivity contribution is 0.416. The van der Waals surface area contributed by atoms with Crippen LogP contribution in [0.25, 0.3) is 0 Å². The maximum absolute atomic E-state index is 5.89. The molecule has 4 heteroatoms. The van der Waals surface area contributed by atoms with Crippen LogP contribution in [0.4, 0.5) is 11.4 Å². The van der Waals surface area contributed by atoms with Gasteiger partial charge in [0.1, 0.15) is 5.75 Å². The summed E-state index contributed by atoms with van der Waals surface area (Å²) >= 11 is 0. The van der Waals surface area contributed by atoms with Crippen LogP contribution >= 0.6 is 0 Å². The van der Waals surface area contributed by atoms with E-state index < -0.39 is 0 Å². The number of likely N-dealkylation sites (N-methyl/N-ethyl adjacent to an activating group) is 1. The van der Waals surface area contributed by atoms with Crippen molar-refractivity contribution >= 4 is 11.4 Å². The first kappa shape index (κ1) is 13.6. The van der Waals surface area contributed by atoms with Crippen molar-refractivity contribution in [3.8, 4) is 5.75 Å². The van der Waals surface area contributed by atoms with Crippen molar-refractivity contribution < 1.29 is 4.74 Å². The van der Waals surface area contributed by atoms with Gasteiger partial charge < -0.3 is 20.7 Å². The monoisotopic (exact) mass is 237 g/mol. The van der Waals surface area contributed by atoms with Crippen LogP contribution < -0.4 is 15.8 Å². The molecule has 0 aromatic heterocycles. The number of nitrogens with one attached hydrogen (secondary N) is 1. The second kappa shape index (κ2) is 6.35. The van der Waals surface area contributed by atoms with Gasteiger partial charge in [-0.25, -0.2) is 0 Å². The summed E-state index contributed by atoms with van der Waals surface area (Å²) in [5.41, 5.74) is 8.92. The predicted octanol–water partition coefficient (Wildman–Crippen LogP) is 1.81. The summed E-state index contributed by atoms with van der Waals surface area (Å²) in [5, 5.41) is 3.42. The molecule has 4 nitrogen and oxygen atoms in total. The molecular weight excluding hydrogens is 214 g/mol. The minimum Gasteiger partial charge on any atom is -0.495 e. The van der Waals surface area contributed by atoms with E-state index in [4.69, 9.17) is 10.5 Å².